The molecule has 7 heteroatoms. The maximum atomic E-state index is 6.27. The third kappa shape index (κ3) is 2.96. The lowest BCUT2D eigenvalue weighted by atomic mass is 10.2. The second-order valence-corrected chi connectivity index (χ2v) is 6.58. The fourth-order valence-corrected chi connectivity index (χ4v) is 2.86. The second kappa shape index (κ2) is 5.77. The Hall–Kier alpha value is -1.40. The van der Waals surface area contributed by atoms with Crippen molar-refractivity contribution in [2.24, 2.45) is 7.05 Å². The summed E-state index contributed by atoms with van der Waals surface area (Å²) in [4.78, 5) is 9.08. The first-order valence-electron chi connectivity index (χ1n) is 6.68. The molecule has 0 spiro atoms. The van der Waals surface area contributed by atoms with Crippen molar-refractivity contribution in [1.29, 1.82) is 0 Å². The van der Waals surface area contributed by atoms with Crippen molar-refractivity contribution in [1.82, 2.24) is 24.3 Å². The van der Waals surface area contributed by atoms with Gasteiger partial charge in [0.1, 0.15) is 11.3 Å². The van der Waals surface area contributed by atoms with Crippen LogP contribution in [0, 0.1) is 0 Å². The third-order valence-electron chi connectivity index (χ3n) is 3.32. The van der Waals surface area contributed by atoms with E-state index in [-0.39, 0.29) is 5.38 Å². The zero-order valence-electron chi connectivity index (χ0n) is 11.8. The number of nitrogens with zero attached hydrogens (tertiary/aromatic N) is 5. The van der Waals surface area contributed by atoms with Gasteiger partial charge >= 0.3 is 0 Å². The first kappa shape index (κ1) is 14.5. The zero-order valence-corrected chi connectivity index (χ0v) is 14.1. The molecule has 1 unspecified atom stereocenters. The molecule has 3 aromatic heterocycles. The molecule has 110 valence electrons. The lowest BCUT2D eigenvalue weighted by Gasteiger charge is -2.09. The van der Waals surface area contributed by atoms with E-state index in [1.165, 1.54) is 5.56 Å². The molecular formula is C14H15BrClN5. The number of aromatic nitrogens is 5. The molecule has 0 bridgehead atoms. The first-order valence-corrected chi connectivity index (χ1v) is 7.91. The van der Waals surface area contributed by atoms with E-state index in [4.69, 9.17) is 11.6 Å². The van der Waals surface area contributed by atoms with Crippen molar-refractivity contribution >= 4 is 38.7 Å². The Bertz CT molecular complexity index is 777. The summed E-state index contributed by atoms with van der Waals surface area (Å²) in [7, 11) is 1.92. The standard InChI is InChI=1S/C14H15BrClN5/c1-9(16)13-19-12-5-11(15)7-17-14(12)21(13)4-3-10-6-18-20(2)8-10/h5-9H,3-4H2,1-2H3. The van der Waals surface area contributed by atoms with Gasteiger partial charge in [0.25, 0.3) is 0 Å². The Morgan fingerprint density at radius 1 is 1.38 bits per heavy atom. The maximum Gasteiger partial charge on any atom is 0.160 e. The fraction of sp³-hybridized carbons (Fsp3) is 0.357. The minimum absolute atomic E-state index is 0.160. The molecule has 0 N–H and O–H groups in total. The molecule has 3 aromatic rings. The quantitative estimate of drug-likeness (QED) is 0.663. The molecule has 0 saturated heterocycles. The molecule has 0 aliphatic carbocycles. The molecule has 1 atom stereocenters. The van der Waals surface area contributed by atoms with Crippen molar-refractivity contribution in [2.45, 2.75) is 25.3 Å². The summed E-state index contributed by atoms with van der Waals surface area (Å²) in [5.74, 6) is 0.848. The van der Waals surface area contributed by atoms with Crippen LogP contribution in [-0.2, 0) is 20.0 Å². The van der Waals surface area contributed by atoms with Crippen LogP contribution in [0.15, 0.2) is 29.1 Å². The van der Waals surface area contributed by atoms with E-state index in [0.717, 1.165) is 34.4 Å². The summed E-state index contributed by atoms with van der Waals surface area (Å²) in [6, 6.07) is 1.96. The molecule has 0 aliphatic heterocycles. The van der Waals surface area contributed by atoms with Crippen LogP contribution in [0.1, 0.15) is 23.7 Å². The smallest absolute Gasteiger partial charge is 0.160 e. The van der Waals surface area contributed by atoms with Crippen LogP contribution in [0.3, 0.4) is 0 Å². The van der Waals surface area contributed by atoms with Gasteiger partial charge in [0.15, 0.2) is 5.65 Å². The summed E-state index contributed by atoms with van der Waals surface area (Å²) in [5.41, 5.74) is 2.91. The van der Waals surface area contributed by atoms with E-state index in [2.05, 4.69) is 35.6 Å². The number of fused-ring (bicyclic) bond motifs is 1. The summed E-state index contributed by atoms with van der Waals surface area (Å²) in [6.07, 6.45) is 6.56. The number of imidazole rings is 1. The van der Waals surface area contributed by atoms with Crippen LogP contribution < -0.4 is 0 Å². The highest BCUT2D eigenvalue weighted by Gasteiger charge is 2.16. The molecule has 0 amide bonds. The number of aryl methyl sites for hydroxylation is 3. The molecule has 0 radical (unpaired) electrons. The Kier molecular flexibility index (Phi) is 3.99. The zero-order chi connectivity index (χ0) is 15.0. The predicted octanol–water partition coefficient (Wildman–Crippen LogP) is 3.47. The van der Waals surface area contributed by atoms with E-state index < -0.39 is 0 Å². The number of halogens is 2. The number of rotatable bonds is 4. The van der Waals surface area contributed by atoms with E-state index in [0.29, 0.717) is 0 Å². The van der Waals surface area contributed by atoms with Gasteiger partial charge in [-0.1, -0.05) is 0 Å². The minimum Gasteiger partial charge on any atom is -0.311 e. The molecule has 0 fully saturated rings. The summed E-state index contributed by atoms with van der Waals surface area (Å²) < 4.78 is 4.81. The lowest BCUT2D eigenvalue weighted by molar-refractivity contribution is 0.662. The van der Waals surface area contributed by atoms with Gasteiger partial charge in [-0.3, -0.25) is 4.68 Å². The molecular weight excluding hydrogens is 354 g/mol. The van der Waals surface area contributed by atoms with Gasteiger partial charge in [-0.25, -0.2) is 9.97 Å². The Balaban J connectivity index is 1.97. The van der Waals surface area contributed by atoms with Crippen molar-refractivity contribution in [2.75, 3.05) is 0 Å². The normalized spacial score (nSPS) is 13.0. The highest BCUT2D eigenvalue weighted by Crippen LogP contribution is 2.25. The van der Waals surface area contributed by atoms with Crippen LogP contribution in [0.25, 0.3) is 11.2 Å². The van der Waals surface area contributed by atoms with Gasteiger partial charge in [0, 0.05) is 30.5 Å². The third-order valence-corrected chi connectivity index (χ3v) is 3.95. The van der Waals surface area contributed by atoms with Crippen LogP contribution in [0.4, 0.5) is 0 Å². The van der Waals surface area contributed by atoms with Gasteiger partial charge in [-0.2, -0.15) is 5.10 Å². The molecule has 21 heavy (non-hydrogen) atoms. The van der Waals surface area contributed by atoms with Crippen molar-refractivity contribution in [3.8, 4) is 0 Å². The van der Waals surface area contributed by atoms with Crippen molar-refractivity contribution in [3.05, 3.63) is 40.5 Å². The lowest BCUT2D eigenvalue weighted by Crippen LogP contribution is -2.07. The van der Waals surface area contributed by atoms with E-state index in [1.54, 1.807) is 6.20 Å². The van der Waals surface area contributed by atoms with E-state index in [9.17, 15) is 0 Å². The van der Waals surface area contributed by atoms with Gasteiger partial charge in [0.2, 0.25) is 0 Å². The predicted molar refractivity (Wildman–Crippen MR) is 86.4 cm³/mol. The number of hydrogen-bond donors (Lipinski definition) is 0. The van der Waals surface area contributed by atoms with Crippen molar-refractivity contribution < 1.29 is 0 Å². The highest BCUT2D eigenvalue weighted by atomic mass is 79.9. The average molecular weight is 369 g/mol. The van der Waals surface area contributed by atoms with Crippen molar-refractivity contribution in [3.63, 3.8) is 0 Å². The second-order valence-electron chi connectivity index (χ2n) is 5.01. The number of alkyl halides is 1. The fourth-order valence-electron chi connectivity index (χ4n) is 2.37. The number of pyridine rings is 1. The monoisotopic (exact) mass is 367 g/mol. The topological polar surface area (TPSA) is 48.5 Å². The average Bonchev–Trinajstić information content (AvgIpc) is 2.99. The van der Waals surface area contributed by atoms with E-state index >= 15 is 0 Å². The molecule has 0 saturated carbocycles. The first-order chi connectivity index (χ1) is 10.0. The van der Waals surface area contributed by atoms with Crippen LogP contribution >= 0.6 is 27.5 Å². The number of hydrogen-bond acceptors (Lipinski definition) is 3. The Morgan fingerprint density at radius 3 is 2.86 bits per heavy atom. The van der Waals surface area contributed by atoms with Crippen LogP contribution in [0.2, 0.25) is 0 Å². The maximum absolute atomic E-state index is 6.27. The van der Waals surface area contributed by atoms with Gasteiger partial charge in [-0.05, 0) is 40.9 Å². The molecule has 5 nitrogen and oxygen atoms in total. The Morgan fingerprint density at radius 2 is 2.19 bits per heavy atom. The highest BCUT2D eigenvalue weighted by molar-refractivity contribution is 9.10. The van der Waals surface area contributed by atoms with Gasteiger partial charge < -0.3 is 4.57 Å². The SMILES string of the molecule is CC(Cl)c1nc2cc(Br)cnc2n1CCc1cnn(C)c1. The van der Waals surface area contributed by atoms with Gasteiger partial charge in [-0.15, -0.1) is 11.6 Å². The minimum atomic E-state index is -0.160. The summed E-state index contributed by atoms with van der Waals surface area (Å²) in [5, 5.41) is 4.03. The van der Waals surface area contributed by atoms with Crippen LogP contribution in [0.5, 0.6) is 0 Å². The summed E-state index contributed by atoms with van der Waals surface area (Å²) >= 11 is 9.69. The molecule has 3 rings (SSSR count). The molecule has 3 heterocycles. The summed E-state index contributed by atoms with van der Waals surface area (Å²) in [6.45, 7) is 2.71. The Labute approximate surface area is 136 Å². The van der Waals surface area contributed by atoms with Gasteiger partial charge in [0.05, 0.1) is 11.6 Å². The largest absolute Gasteiger partial charge is 0.311 e. The van der Waals surface area contributed by atoms with Crippen LogP contribution in [-0.4, -0.2) is 24.3 Å². The molecule has 0 aliphatic rings. The van der Waals surface area contributed by atoms with E-state index in [1.807, 2.05) is 37.1 Å². The molecule has 0 aromatic carbocycles.